The number of anilines is 2. The molecule has 0 saturated heterocycles. The molecule has 84 valence electrons. The van der Waals surface area contributed by atoms with Gasteiger partial charge < -0.3 is 11.1 Å². The zero-order chi connectivity index (χ0) is 11.3. The van der Waals surface area contributed by atoms with Crippen molar-refractivity contribution in [2.24, 2.45) is 0 Å². The van der Waals surface area contributed by atoms with E-state index in [0.29, 0.717) is 16.9 Å². The number of hydrogen-bond acceptors (Lipinski definition) is 5. The van der Waals surface area contributed by atoms with Crippen LogP contribution >= 0.6 is 23.4 Å². The first-order valence-corrected chi connectivity index (χ1v) is 6.44. The molecule has 0 radical (unpaired) electrons. The van der Waals surface area contributed by atoms with Crippen molar-refractivity contribution in [3.05, 3.63) is 11.2 Å². The lowest BCUT2D eigenvalue weighted by Gasteiger charge is -2.14. The molecular formula is C9H15ClN4S. The molecule has 0 bridgehead atoms. The summed E-state index contributed by atoms with van der Waals surface area (Å²) in [7, 11) is 0. The van der Waals surface area contributed by atoms with Crippen molar-refractivity contribution in [1.82, 2.24) is 9.97 Å². The molecule has 15 heavy (non-hydrogen) atoms. The van der Waals surface area contributed by atoms with Crippen LogP contribution in [0.1, 0.15) is 13.3 Å². The van der Waals surface area contributed by atoms with Gasteiger partial charge in [0.25, 0.3) is 0 Å². The van der Waals surface area contributed by atoms with E-state index >= 15 is 0 Å². The molecule has 0 saturated carbocycles. The number of halogens is 1. The molecule has 0 spiro atoms. The average molecular weight is 247 g/mol. The van der Waals surface area contributed by atoms with Crippen LogP contribution in [0.2, 0.25) is 5.02 Å². The van der Waals surface area contributed by atoms with E-state index in [-0.39, 0.29) is 5.95 Å². The molecule has 0 aliphatic rings. The first-order chi connectivity index (χ1) is 7.13. The number of nitrogen functional groups attached to an aromatic ring is 1. The van der Waals surface area contributed by atoms with Gasteiger partial charge in [0.05, 0.1) is 6.20 Å². The summed E-state index contributed by atoms with van der Waals surface area (Å²) in [6.45, 7) is 2.09. The van der Waals surface area contributed by atoms with Gasteiger partial charge in [0.15, 0.2) is 5.82 Å². The minimum Gasteiger partial charge on any atom is -0.368 e. The molecule has 0 aromatic carbocycles. The fourth-order valence-corrected chi connectivity index (χ4v) is 1.82. The van der Waals surface area contributed by atoms with Gasteiger partial charge in [-0.1, -0.05) is 11.6 Å². The lowest BCUT2D eigenvalue weighted by molar-refractivity contribution is 0.766. The van der Waals surface area contributed by atoms with Gasteiger partial charge in [0, 0.05) is 6.04 Å². The predicted octanol–water partition coefficient (Wildman–Crippen LogP) is 2.27. The average Bonchev–Trinajstić information content (AvgIpc) is 2.20. The van der Waals surface area contributed by atoms with Gasteiger partial charge in [-0.2, -0.15) is 16.7 Å². The Kier molecular flexibility index (Phi) is 4.98. The van der Waals surface area contributed by atoms with Crippen molar-refractivity contribution in [2.75, 3.05) is 23.1 Å². The van der Waals surface area contributed by atoms with Crippen LogP contribution in [0, 0.1) is 0 Å². The monoisotopic (exact) mass is 246 g/mol. The zero-order valence-electron chi connectivity index (χ0n) is 8.83. The van der Waals surface area contributed by atoms with Crippen molar-refractivity contribution in [3.8, 4) is 0 Å². The highest BCUT2D eigenvalue weighted by Crippen LogP contribution is 2.19. The second kappa shape index (κ2) is 6.02. The predicted molar refractivity (Wildman–Crippen MR) is 67.5 cm³/mol. The van der Waals surface area contributed by atoms with Crippen LogP contribution in [-0.4, -0.2) is 28.0 Å². The molecule has 0 fully saturated rings. The Hall–Kier alpha value is -0.680. The molecule has 6 heteroatoms. The van der Waals surface area contributed by atoms with Gasteiger partial charge in [-0.3, -0.25) is 0 Å². The summed E-state index contributed by atoms with van der Waals surface area (Å²) in [5, 5.41) is 3.71. The van der Waals surface area contributed by atoms with Gasteiger partial charge in [0.1, 0.15) is 5.02 Å². The van der Waals surface area contributed by atoms with E-state index in [2.05, 4.69) is 28.5 Å². The van der Waals surface area contributed by atoms with Crippen LogP contribution in [-0.2, 0) is 0 Å². The van der Waals surface area contributed by atoms with Crippen molar-refractivity contribution in [1.29, 1.82) is 0 Å². The van der Waals surface area contributed by atoms with Gasteiger partial charge >= 0.3 is 0 Å². The zero-order valence-corrected chi connectivity index (χ0v) is 10.4. The molecule has 0 aliphatic carbocycles. The molecule has 1 rings (SSSR count). The number of rotatable bonds is 5. The Bertz CT molecular complexity index is 321. The first kappa shape index (κ1) is 12.4. The topological polar surface area (TPSA) is 63.8 Å². The van der Waals surface area contributed by atoms with E-state index in [0.717, 1.165) is 12.2 Å². The van der Waals surface area contributed by atoms with Gasteiger partial charge in [0.2, 0.25) is 5.95 Å². The number of nitrogens with zero attached hydrogens (tertiary/aromatic N) is 2. The summed E-state index contributed by atoms with van der Waals surface area (Å²) in [5.41, 5.74) is 5.48. The molecule has 1 unspecified atom stereocenters. The number of nitrogens with one attached hydrogen (secondary N) is 1. The number of thioether (sulfide) groups is 1. The molecule has 3 N–H and O–H groups in total. The third kappa shape index (κ3) is 4.13. The molecule has 0 aliphatic heterocycles. The third-order valence-corrected chi connectivity index (χ3v) is 2.82. The lowest BCUT2D eigenvalue weighted by atomic mass is 10.2. The summed E-state index contributed by atoms with van der Waals surface area (Å²) in [6, 6.07) is 0.323. The highest BCUT2D eigenvalue weighted by Gasteiger charge is 2.07. The fraction of sp³-hybridized carbons (Fsp3) is 0.556. The Morgan fingerprint density at radius 2 is 2.40 bits per heavy atom. The molecule has 1 atom stereocenters. The summed E-state index contributed by atoms with van der Waals surface area (Å²) in [6.07, 6.45) is 4.65. The Labute approximate surface area is 99.0 Å². The standard InChI is InChI=1S/C9H15ClN4S/c1-6(3-4-15-2)13-8-7(10)5-12-9(11)14-8/h5-6H,3-4H2,1-2H3,(H3,11,12,13,14). The summed E-state index contributed by atoms with van der Waals surface area (Å²) in [4.78, 5) is 7.84. The molecule has 0 amide bonds. The largest absolute Gasteiger partial charge is 0.368 e. The van der Waals surface area contributed by atoms with Crippen molar-refractivity contribution >= 4 is 35.1 Å². The van der Waals surface area contributed by atoms with E-state index in [1.165, 1.54) is 6.20 Å². The lowest BCUT2D eigenvalue weighted by Crippen LogP contribution is -2.17. The molecule has 4 nitrogen and oxygen atoms in total. The van der Waals surface area contributed by atoms with Gasteiger partial charge in [-0.05, 0) is 25.4 Å². The van der Waals surface area contributed by atoms with E-state index in [4.69, 9.17) is 17.3 Å². The molecule has 1 aromatic heterocycles. The number of hydrogen-bond donors (Lipinski definition) is 2. The quantitative estimate of drug-likeness (QED) is 0.835. The van der Waals surface area contributed by atoms with Crippen LogP contribution in [0.15, 0.2) is 6.20 Å². The van der Waals surface area contributed by atoms with E-state index < -0.39 is 0 Å². The van der Waals surface area contributed by atoms with Crippen molar-refractivity contribution in [2.45, 2.75) is 19.4 Å². The van der Waals surface area contributed by atoms with Crippen LogP contribution in [0.4, 0.5) is 11.8 Å². The van der Waals surface area contributed by atoms with Crippen LogP contribution < -0.4 is 11.1 Å². The maximum absolute atomic E-state index is 5.93. The first-order valence-electron chi connectivity index (χ1n) is 4.67. The number of aromatic nitrogens is 2. The fourth-order valence-electron chi connectivity index (χ4n) is 1.08. The normalized spacial score (nSPS) is 12.5. The van der Waals surface area contributed by atoms with Crippen molar-refractivity contribution < 1.29 is 0 Å². The van der Waals surface area contributed by atoms with E-state index in [1.54, 1.807) is 0 Å². The van der Waals surface area contributed by atoms with Gasteiger partial charge in [-0.15, -0.1) is 0 Å². The van der Waals surface area contributed by atoms with Crippen LogP contribution in [0.3, 0.4) is 0 Å². The van der Waals surface area contributed by atoms with Crippen LogP contribution in [0.25, 0.3) is 0 Å². The maximum atomic E-state index is 5.93. The molecule has 1 aromatic rings. The van der Waals surface area contributed by atoms with E-state index in [9.17, 15) is 0 Å². The maximum Gasteiger partial charge on any atom is 0.222 e. The van der Waals surface area contributed by atoms with Crippen LogP contribution in [0.5, 0.6) is 0 Å². The second-order valence-corrected chi connectivity index (χ2v) is 4.64. The third-order valence-electron chi connectivity index (χ3n) is 1.90. The van der Waals surface area contributed by atoms with Gasteiger partial charge in [-0.25, -0.2) is 4.98 Å². The molecular weight excluding hydrogens is 232 g/mol. The minimum absolute atomic E-state index is 0.235. The van der Waals surface area contributed by atoms with Crippen molar-refractivity contribution in [3.63, 3.8) is 0 Å². The minimum atomic E-state index is 0.235. The number of nitrogens with two attached hydrogens (primary N) is 1. The molecule has 1 heterocycles. The highest BCUT2D eigenvalue weighted by atomic mass is 35.5. The SMILES string of the molecule is CSCCC(C)Nc1nc(N)ncc1Cl. The smallest absolute Gasteiger partial charge is 0.222 e. The Morgan fingerprint density at radius 1 is 1.67 bits per heavy atom. The summed E-state index contributed by atoms with van der Waals surface area (Å²) >= 11 is 7.74. The van der Waals surface area contributed by atoms with E-state index in [1.807, 2.05) is 11.8 Å². The Balaban J connectivity index is 2.59. The highest BCUT2D eigenvalue weighted by molar-refractivity contribution is 7.98. The second-order valence-electron chi connectivity index (χ2n) is 3.25. The summed E-state index contributed by atoms with van der Waals surface area (Å²) in [5.74, 6) is 1.95. The Morgan fingerprint density at radius 3 is 3.07 bits per heavy atom. The summed E-state index contributed by atoms with van der Waals surface area (Å²) < 4.78 is 0.